The molecule has 1 heterocycles. The van der Waals surface area contributed by atoms with Crippen LogP contribution in [0.25, 0.3) is 0 Å². The van der Waals surface area contributed by atoms with E-state index in [-0.39, 0.29) is 29.7 Å². The zero-order valence-electron chi connectivity index (χ0n) is 42.1. The van der Waals surface area contributed by atoms with Gasteiger partial charge in [-0.2, -0.15) is 0 Å². The highest BCUT2D eigenvalue weighted by Crippen LogP contribution is 2.19. The summed E-state index contributed by atoms with van der Waals surface area (Å²) in [5.74, 6) is -0.250. The minimum absolute atomic E-state index is 0.0204. The molecule has 0 saturated carbocycles. The second-order valence-corrected chi connectivity index (χ2v) is 19.0. The van der Waals surface area contributed by atoms with Gasteiger partial charge in [0.05, 0.1) is 12.7 Å². The first-order valence-corrected chi connectivity index (χ1v) is 27.1. The van der Waals surface area contributed by atoms with Gasteiger partial charge in [0.15, 0.2) is 0 Å². The molecule has 0 fully saturated rings. The number of aliphatic hydroxyl groups excluding tert-OH is 1. The lowest BCUT2D eigenvalue weighted by atomic mass is 10.0. The average molecular weight is 904 g/mol. The second kappa shape index (κ2) is 43.0. The van der Waals surface area contributed by atoms with E-state index in [1.807, 2.05) is 0 Å². The normalized spacial score (nSPS) is 12.0. The highest BCUT2D eigenvalue weighted by molar-refractivity contribution is 5.93. The first-order chi connectivity index (χ1) is 31.2. The number of carbonyl (C=O) groups is 3. The average Bonchev–Trinajstić information content (AvgIpc) is 3.62. The van der Waals surface area contributed by atoms with Gasteiger partial charge < -0.3 is 34.5 Å². The molecule has 10 nitrogen and oxygen atoms in total. The molecule has 1 amide bonds. The molecule has 3 N–H and O–H groups in total. The largest absolute Gasteiger partial charge is 0.506 e. The fraction of sp³-hybridized carbons (Fsp3) is 0.870. The first-order valence-electron chi connectivity index (χ1n) is 27.1. The Balaban J connectivity index is 2.44. The quantitative estimate of drug-likeness (QED) is 0.0435. The monoisotopic (exact) mass is 904 g/mol. The molecule has 64 heavy (non-hydrogen) atoms. The third-order valence-electron chi connectivity index (χ3n) is 12.7. The van der Waals surface area contributed by atoms with E-state index in [9.17, 15) is 24.6 Å². The summed E-state index contributed by atoms with van der Waals surface area (Å²) in [5, 5.41) is 23.6. The Morgan fingerprint density at radius 2 is 1.05 bits per heavy atom. The fourth-order valence-corrected chi connectivity index (χ4v) is 8.65. The molecular weight excluding hydrogens is 803 g/mol. The zero-order valence-corrected chi connectivity index (χ0v) is 42.1. The molecule has 0 saturated heterocycles. The Morgan fingerprint density at radius 3 is 1.58 bits per heavy atom. The highest BCUT2D eigenvalue weighted by atomic mass is 16.5. The predicted octanol–water partition coefficient (Wildman–Crippen LogP) is 13.7. The Kier molecular flexibility index (Phi) is 39.9. The molecule has 1 unspecified atom stereocenters. The third kappa shape index (κ3) is 35.6. The smallest absolute Gasteiger partial charge is 0.306 e. The minimum atomic E-state index is -0.450. The predicted molar refractivity (Wildman–Crippen MR) is 266 cm³/mol. The van der Waals surface area contributed by atoms with Crippen molar-refractivity contribution in [3.63, 3.8) is 0 Å². The van der Waals surface area contributed by atoms with Crippen LogP contribution in [0.4, 0.5) is 0 Å². The number of amides is 1. The maximum absolute atomic E-state index is 12.9. The molecule has 10 heteroatoms. The van der Waals surface area contributed by atoms with Crippen molar-refractivity contribution in [2.75, 3.05) is 32.8 Å². The SMILES string of the molecule is CCCCCCCCCCCOC(=O)CCCCCN(CCCCCCCC(=O)OC(CCCCCCCC)CCCCCCCC)CC(O)CCCCNC(=O)c1cc(O)cn1C. The highest BCUT2D eigenvalue weighted by Gasteiger charge is 2.16. The summed E-state index contributed by atoms with van der Waals surface area (Å²) in [6.45, 7) is 10.2. The van der Waals surface area contributed by atoms with E-state index in [0.29, 0.717) is 44.7 Å². The van der Waals surface area contributed by atoms with Crippen molar-refractivity contribution in [3.05, 3.63) is 18.0 Å². The van der Waals surface area contributed by atoms with Gasteiger partial charge in [0.1, 0.15) is 17.5 Å². The van der Waals surface area contributed by atoms with E-state index in [2.05, 4.69) is 31.0 Å². The molecule has 0 aliphatic carbocycles. The number of aliphatic hydroxyl groups is 1. The van der Waals surface area contributed by atoms with Crippen LogP contribution in [0.5, 0.6) is 5.75 Å². The van der Waals surface area contributed by atoms with Crippen LogP contribution in [0, 0.1) is 0 Å². The minimum Gasteiger partial charge on any atom is -0.506 e. The van der Waals surface area contributed by atoms with Gasteiger partial charge >= 0.3 is 11.9 Å². The Bertz CT molecular complexity index is 1220. The second-order valence-electron chi connectivity index (χ2n) is 19.0. The van der Waals surface area contributed by atoms with Gasteiger partial charge in [-0.15, -0.1) is 0 Å². The van der Waals surface area contributed by atoms with Gasteiger partial charge in [-0.05, 0) is 90.1 Å². The number of aromatic nitrogens is 1. The van der Waals surface area contributed by atoms with Crippen LogP contribution in [-0.2, 0) is 26.1 Å². The molecule has 1 aromatic rings. The molecule has 0 spiro atoms. The summed E-state index contributed by atoms with van der Waals surface area (Å²) in [6.07, 6.45) is 40.6. The maximum atomic E-state index is 12.9. The van der Waals surface area contributed by atoms with Crippen molar-refractivity contribution in [1.29, 1.82) is 0 Å². The number of hydrogen-bond donors (Lipinski definition) is 3. The van der Waals surface area contributed by atoms with Crippen LogP contribution >= 0.6 is 0 Å². The standard InChI is InChI=1S/C54H101N3O7/c1-5-8-11-14-17-18-19-25-35-44-63-52(60)39-30-26-34-43-57(47-48(58)36-31-32-41-55-54(62)51-45-49(59)46-56(51)4)42-33-24-20-23-29-40-53(61)64-50(37-27-21-15-12-9-6-2)38-28-22-16-13-10-7-3/h45-46,48,50,58-59H,5-44,47H2,1-4H3,(H,55,62). The molecule has 0 radical (unpaired) electrons. The zero-order chi connectivity index (χ0) is 46.7. The van der Waals surface area contributed by atoms with Crippen LogP contribution in [-0.4, -0.2) is 82.5 Å². The van der Waals surface area contributed by atoms with Crippen molar-refractivity contribution in [3.8, 4) is 5.75 Å². The van der Waals surface area contributed by atoms with Crippen molar-refractivity contribution in [2.45, 2.75) is 264 Å². The third-order valence-corrected chi connectivity index (χ3v) is 12.7. The topological polar surface area (TPSA) is 130 Å². The van der Waals surface area contributed by atoms with E-state index >= 15 is 0 Å². The van der Waals surface area contributed by atoms with E-state index in [1.165, 1.54) is 121 Å². The molecule has 0 aliphatic heterocycles. The number of unbranched alkanes of at least 4 members (excludes halogenated alkanes) is 25. The summed E-state index contributed by atoms with van der Waals surface area (Å²) >= 11 is 0. The van der Waals surface area contributed by atoms with Gasteiger partial charge in [0.25, 0.3) is 5.91 Å². The van der Waals surface area contributed by atoms with Crippen molar-refractivity contribution in [2.24, 2.45) is 7.05 Å². The van der Waals surface area contributed by atoms with Crippen molar-refractivity contribution in [1.82, 2.24) is 14.8 Å². The van der Waals surface area contributed by atoms with E-state index in [1.54, 1.807) is 11.6 Å². The molecular formula is C54H101N3O7. The number of hydrogen-bond acceptors (Lipinski definition) is 8. The number of ether oxygens (including phenoxy) is 2. The molecule has 1 rings (SSSR count). The number of rotatable bonds is 47. The Morgan fingerprint density at radius 1 is 0.594 bits per heavy atom. The molecule has 1 aromatic heterocycles. The van der Waals surface area contributed by atoms with E-state index in [4.69, 9.17) is 9.47 Å². The lowest BCUT2D eigenvalue weighted by Crippen LogP contribution is -2.34. The lowest BCUT2D eigenvalue weighted by Gasteiger charge is -2.25. The molecule has 1 atom stereocenters. The summed E-state index contributed by atoms with van der Waals surface area (Å²) < 4.78 is 13.2. The molecule has 0 bridgehead atoms. The van der Waals surface area contributed by atoms with Crippen LogP contribution in [0.3, 0.4) is 0 Å². The van der Waals surface area contributed by atoms with E-state index < -0.39 is 6.10 Å². The molecule has 0 aliphatic rings. The lowest BCUT2D eigenvalue weighted by molar-refractivity contribution is -0.150. The van der Waals surface area contributed by atoms with E-state index in [0.717, 1.165) is 116 Å². The number of nitrogens with one attached hydrogen (secondary N) is 1. The van der Waals surface area contributed by atoms with Crippen LogP contribution in [0.1, 0.15) is 262 Å². The number of carbonyl (C=O) groups excluding carboxylic acids is 3. The number of aromatic hydroxyl groups is 1. The number of nitrogens with zero attached hydrogens (tertiary/aromatic N) is 2. The summed E-state index contributed by atoms with van der Waals surface area (Å²) in [5.41, 5.74) is 0.419. The van der Waals surface area contributed by atoms with Gasteiger partial charge in [-0.25, -0.2) is 0 Å². The molecule has 0 aromatic carbocycles. The van der Waals surface area contributed by atoms with Gasteiger partial charge in [-0.1, -0.05) is 162 Å². The maximum Gasteiger partial charge on any atom is 0.306 e. The van der Waals surface area contributed by atoms with Crippen LogP contribution in [0.15, 0.2) is 12.3 Å². The number of aryl methyl sites for hydroxylation is 1. The summed E-state index contributed by atoms with van der Waals surface area (Å²) in [4.78, 5) is 40.1. The molecule has 374 valence electrons. The van der Waals surface area contributed by atoms with Crippen molar-refractivity contribution >= 4 is 17.8 Å². The van der Waals surface area contributed by atoms with Gasteiger partial charge in [-0.3, -0.25) is 14.4 Å². The first kappa shape index (κ1) is 59.4. The number of esters is 2. The Labute approximate surface area is 393 Å². The summed E-state index contributed by atoms with van der Waals surface area (Å²) in [7, 11) is 1.73. The van der Waals surface area contributed by atoms with Gasteiger partial charge in [0.2, 0.25) is 0 Å². The fourth-order valence-electron chi connectivity index (χ4n) is 8.65. The van der Waals surface area contributed by atoms with Crippen LogP contribution < -0.4 is 5.32 Å². The van der Waals surface area contributed by atoms with Crippen molar-refractivity contribution < 1.29 is 34.1 Å². The van der Waals surface area contributed by atoms with Crippen LogP contribution in [0.2, 0.25) is 0 Å². The van der Waals surface area contributed by atoms with Gasteiger partial charge in [0, 0.05) is 45.2 Å². The summed E-state index contributed by atoms with van der Waals surface area (Å²) in [6, 6.07) is 1.46. The Hall–Kier alpha value is -2.59.